The van der Waals surface area contributed by atoms with Crippen LogP contribution in [0.3, 0.4) is 0 Å². The Labute approximate surface area is 156 Å². The van der Waals surface area contributed by atoms with Crippen molar-refractivity contribution in [2.75, 3.05) is 18.0 Å². The SMILES string of the molecule is CC(C)(C)c1ccn(C2(C(=O)O)CCN(c3ncnc4nc[nH]c34)CC2)n1. The Morgan fingerprint density at radius 2 is 1.96 bits per heavy atom. The maximum absolute atomic E-state index is 12.2. The first-order chi connectivity index (χ1) is 12.8. The van der Waals surface area contributed by atoms with Crippen molar-refractivity contribution in [2.45, 2.75) is 44.6 Å². The molecular weight excluding hydrogens is 346 g/mol. The fourth-order valence-electron chi connectivity index (χ4n) is 3.58. The summed E-state index contributed by atoms with van der Waals surface area (Å²) in [4.78, 5) is 30.1. The molecule has 1 fully saturated rings. The number of aromatic nitrogens is 6. The van der Waals surface area contributed by atoms with E-state index >= 15 is 0 Å². The van der Waals surface area contributed by atoms with Crippen LogP contribution in [0.5, 0.6) is 0 Å². The van der Waals surface area contributed by atoms with Gasteiger partial charge in [0.1, 0.15) is 11.8 Å². The highest BCUT2D eigenvalue weighted by molar-refractivity contribution is 5.83. The molecule has 1 aliphatic rings. The summed E-state index contributed by atoms with van der Waals surface area (Å²) in [6, 6.07) is 1.91. The molecule has 0 unspecified atom stereocenters. The van der Waals surface area contributed by atoms with E-state index in [-0.39, 0.29) is 5.41 Å². The first-order valence-corrected chi connectivity index (χ1v) is 9.00. The lowest BCUT2D eigenvalue weighted by molar-refractivity contribution is -0.149. The van der Waals surface area contributed by atoms with Gasteiger partial charge in [0.2, 0.25) is 0 Å². The van der Waals surface area contributed by atoms with E-state index in [2.05, 4.69) is 50.7 Å². The maximum Gasteiger partial charge on any atom is 0.331 e. The summed E-state index contributed by atoms with van der Waals surface area (Å²) in [5.74, 6) is -0.0904. The van der Waals surface area contributed by atoms with E-state index in [1.165, 1.54) is 6.33 Å². The summed E-state index contributed by atoms with van der Waals surface area (Å²) in [7, 11) is 0. The van der Waals surface area contributed by atoms with Gasteiger partial charge in [-0.25, -0.2) is 19.7 Å². The van der Waals surface area contributed by atoms with Crippen LogP contribution in [-0.4, -0.2) is 53.9 Å². The van der Waals surface area contributed by atoms with E-state index < -0.39 is 11.5 Å². The molecule has 9 nitrogen and oxygen atoms in total. The van der Waals surface area contributed by atoms with Crippen LogP contribution in [0.4, 0.5) is 5.82 Å². The number of anilines is 1. The van der Waals surface area contributed by atoms with Crippen molar-refractivity contribution in [2.24, 2.45) is 0 Å². The molecule has 9 heteroatoms. The molecule has 0 spiro atoms. The lowest BCUT2D eigenvalue weighted by Gasteiger charge is -2.39. The molecule has 0 saturated carbocycles. The maximum atomic E-state index is 12.2. The molecule has 0 aromatic carbocycles. The average Bonchev–Trinajstić information content (AvgIpc) is 3.30. The Morgan fingerprint density at radius 3 is 2.59 bits per heavy atom. The highest BCUT2D eigenvalue weighted by Gasteiger charge is 2.45. The van der Waals surface area contributed by atoms with Gasteiger partial charge in [-0.1, -0.05) is 20.8 Å². The fourth-order valence-corrected chi connectivity index (χ4v) is 3.58. The van der Waals surface area contributed by atoms with Gasteiger partial charge in [0.05, 0.1) is 12.0 Å². The predicted molar refractivity (Wildman–Crippen MR) is 99.7 cm³/mol. The number of aliphatic carboxylic acids is 1. The number of fused-ring (bicyclic) bond motifs is 1. The molecule has 2 N–H and O–H groups in total. The zero-order valence-electron chi connectivity index (χ0n) is 15.7. The highest BCUT2D eigenvalue weighted by Crippen LogP contribution is 2.34. The van der Waals surface area contributed by atoms with Crippen molar-refractivity contribution in [3.63, 3.8) is 0 Å². The topological polar surface area (TPSA) is 113 Å². The van der Waals surface area contributed by atoms with Gasteiger partial charge in [0.25, 0.3) is 0 Å². The van der Waals surface area contributed by atoms with Crippen LogP contribution in [0.2, 0.25) is 0 Å². The van der Waals surface area contributed by atoms with Gasteiger partial charge < -0.3 is 15.0 Å². The second-order valence-corrected chi connectivity index (χ2v) is 8.02. The first kappa shape index (κ1) is 17.4. The smallest absolute Gasteiger partial charge is 0.331 e. The number of hydrogen-bond donors (Lipinski definition) is 2. The monoisotopic (exact) mass is 369 g/mol. The summed E-state index contributed by atoms with van der Waals surface area (Å²) in [6.45, 7) is 7.33. The number of H-pyrrole nitrogens is 1. The summed E-state index contributed by atoms with van der Waals surface area (Å²) < 4.78 is 1.64. The number of nitrogens with zero attached hydrogens (tertiary/aromatic N) is 6. The van der Waals surface area contributed by atoms with Gasteiger partial charge in [0, 0.05) is 37.5 Å². The molecule has 3 aromatic rings. The lowest BCUT2D eigenvalue weighted by Crippen LogP contribution is -2.51. The highest BCUT2D eigenvalue weighted by atomic mass is 16.4. The standard InChI is InChI=1S/C18H23N7O2/c1-17(2,3)12-4-7-25(23-12)18(16(26)27)5-8-24(9-6-18)15-13-14(20-10-19-13)21-11-22-15/h4,7,10-11H,5-6,8-9H2,1-3H3,(H,26,27)(H,19,20,21,22). The number of carboxylic acids is 1. The van der Waals surface area contributed by atoms with Crippen LogP contribution in [0, 0.1) is 0 Å². The number of aromatic amines is 1. The molecule has 0 aliphatic carbocycles. The second-order valence-electron chi connectivity index (χ2n) is 8.02. The minimum absolute atomic E-state index is 0.126. The number of piperidine rings is 1. The third kappa shape index (κ3) is 2.83. The molecule has 4 rings (SSSR count). The molecule has 0 atom stereocenters. The molecule has 27 heavy (non-hydrogen) atoms. The van der Waals surface area contributed by atoms with Crippen molar-refractivity contribution >= 4 is 23.0 Å². The van der Waals surface area contributed by atoms with Crippen molar-refractivity contribution < 1.29 is 9.90 Å². The largest absolute Gasteiger partial charge is 0.479 e. The number of carbonyl (C=O) groups is 1. The number of nitrogens with one attached hydrogen (secondary N) is 1. The molecule has 1 aliphatic heterocycles. The van der Waals surface area contributed by atoms with Crippen molar-refractivity contribution in [1.82, 2.24) is 29.7 Å². The molecular formula is C18H23N7O2. The summed E-state index contributed by atoms with van der Waals surface area (Å²) >= 11 is 0. The van der Waals surface area contributed by atoms with Gasteiger partial charge >= 0.3 is 5.97 Å². The van der Waals surface area contributed by atoms with Crippen LogP contribution < -0.4 is 4.90 Å². The molecule has 3 aromatic heterocycles. The van der Waals surface area contributed by atoms with Crippen LogP contribution in [-0.2, 0) is 15.7 Å². The molecule has 1 saturated heterocycles. The van der Waals surface area contributed by atoms with Crippen LogP contribution in [0.25, 0.3) is 11.2 Å². The van der Waals surface area contributed by atoms with Crippen LogP contribution >= 0.6 is 0 Å². The van der Waals surface area contributed by atoms with Crippen molar-refractivity contribution in [1.29, 1.82) is 0 Å². The Morgan fingerprint density at radius 1 is 1.22 bits per heavy atom. The zero-order chi connectivity index (χ0) is 19.2. The molecule has 4 heterocycles. The molecule has 0 bridgehead atoms. The lowest BCUT2D eigenvalue weighted by atomic mass is 9.87. The Balaban J connectivity index is 1.62. The van der Waals surface area contributed by atoms with E-state index in [4.69, 9.17) is 0 Å². The van der Waals surface area contributed by atoms with E-state index in [1.807, 2.05) is 6.07 Å². The summed E-state index contributed by atoms with van der Waals surface area (Å²) in [5.41, 5.74) is 1.10. The van der Waals surface area contributed by atoms with Gasteiger partial charge in [-0.3, -0.25) is 4.68 Å². The number of hydrogen-bond acceptors (Lipinski definition) is 6. The fraction of sp³-hybridized carbons (Fsp3) is 0.500. The summed E-state index contributed by atoms with van der Waals surface area (Å²) in [5, 5.41) is 14.6. The number of imidazole rings is 1. The van der Waals surface area contributed by atoms with Gasteiger partial charge in [-0.05, 0) is 6.07 Å². The number of carboxylic acid groups (broad SMARTS) is 1. The Kier molecular flexibility index (Phi) is 3.90. The van der Waals surface area contributed by atoms with Gasteiger partial charge in [-0.15, -0.1) is 0 Å². The zero-order valence-corrected chi connectivity index (χ0v) is 15.7. The Hall–Kier alpha value is -2.97. The Bertz CT molecular complexity index is 977. The normalized spacial score (nSPS) is 17.4. The minimum Gasteiger partial charge on any atom is -0.479 e. The average molecular weight is 369 g/mol. The van der Waals surface area contributed by atoms with E-state index in [9.17, 15) is 9.90 Å². The third-order valence-electron chi connectivity index (χ3n) is 5.29. The number of rotatable bonds is 3. The van der Waals surface area contributed by atoms with Crippen molar-refractivity contribution in [3.8, 4) is 0 Å². The van der Waals surface area contributed by atoms with E-state index in [0.717, 1.165) is 17.0 Å². The quantitative estimate of drug-likeness (QED) is 0.725. The van der Waals surface area contributed by atoms with Crippen LogP contribution in [0.15, 0.2) is 24.9 Å². The van der Waals surface area contributed by atoms with E-state index in [0.29, 0.717) is 31.6 Å². The first-order valence-electron chi connectivity index (χ1n) is 9.00. The van der Waals surface area contributed by atoms with Gasteiger partial charge in [-0.2, -0.15) is 5.10 Å². The van der Waals surface area contributed by atoms with E-state index in [1.54, 1.807) is 17.2 Å². The second kappa shape index (κ2) is 6.04. The van der Waals surface area contributed by atoms with Crippen LogP contribution in [0.1, 0.15) is 39.3 Å². The summed E-state index contributed by atoms with van der Waals surface area (Å²) in [6.07, 6.45) is 5.75. The minimum atomic E-state index is -1.04. The molecule has 142 valence electrons. The third-order valence-corrected chi connectivity index (χ3v) is 5.29. The molecule has 0 radical (unpaired) electrons. The van der Waals surface area contributed by atoms with Crippen molar-refractivity contribution in [3.05, 3.63) is 30.6 Å². The molecule has 0 amide bonds. The predicted octanol–water partition coefficient (Wildman–Crippen LogP) is 1.93. The van der Waals surface area contributed by atoms with Gasteiger partial charge in [0.15, 0.2) is 17.0 Å².